The van der Waals surface area contributed by atoms with E-state index in [1.807, 2.05) is 30.5 Å². The first-order valence-electron chi connectivity index (χ1n) is 8.18. The second-order valence-corrected chi connectivity index (χ2v) is 6.38. The van der Waals surface area contributed by atoms with E-state index in [4.69, 9.17) is 14.2 Å². The highest BCUT2D eigenvalue weighted by molar-refractivity contribution is 5.83. The molecular formula is C18H18N2O4. The first-order valence-corrected chi connectivity index (χ1v) is 8.18. The van der Waals surface area contributed by atoms with Crippen LogP contribution >= 0.6 is 0 Å². The summed E-state index contributed by atoms with van der Waals surface area (Å²) < 4.78 is 19.4. The zero-order chi connectivity index (χ0) is 16.1. The predicted molar refractivity (Wildman–Crippen MR) is 86.6 cm³/mol. The third-order valence-electron chi connectivity index (χ3n) is 4.95. The Balaban J connectivity index is 1.50. The van der Waals surface area contributed by atoms with E-state index in [1.165, 1.54) is 0 Å². The van der Waals surface area contributed by atoms with Gasteiger partial charge >= 0.3 is 0 Å². The molecule has 4 heterocycles. The van der Waals surface area contributed by atoms with Crippen LogP contribution < -0.4 is 4.74 Å². The third kappa shape index (κ3) is 2.11. The highest BCUT2D eigenvalue weighted by Crippen LogP contribution is 2.37. The van der Waals surface area contributed by atoms with Gasteiger partial charge in [0.2, 0.25) is 0 Å². The van der Waals surface area contributed by atoms with E-state index in [0.717, 1.165) is 22.7 Å². The summed E-state index contributed by atoms with van der Waals surface area (Å²) in [5.74, 6) is 1.76. The summed E-state index contributed by atoms with van der Waals surface area (Å²) in [4.78, 5) is 4.53. The van der Waals surface area contributed by atoms with Crippen molar-refractivity contribution in [1.29, 1.82) is 0 Å². The Morgan fingerprint density at radius 1 is 1.12 bits per heavy atom. The van der Waals surface area contributed by atoms with Gasteiger partial charge in [0.1, 0.15) is 36.5 Å². The minimum atomic E-state index is -0.545. The molecule has 0 bridgehead atoms. The van der Waals surface area contributed by atoms with E-state index in [2.05, 4.69) is 15.6 Å². The van der Waals surface area contributed by atoms with Gasteiger partial charge in [-0.15, -0.1) is 0 Å². The third-order valence-corrected chi connectivity index (χ3v) is 4.95. The van der Waals surface area contributed by atoms with Gasteiger partial charge < -0.3 is 23.9 Å². The van der Waals surface area contributed by atoms with Crippen LogP contribution in [0.2, 0.25) is 0 Å². The number of imidazole rings is 1. The number of aliphatic hydroxyl groups excluding tert-OH is 1. The Hall–Kier alpha value is -2.15. The van der Waals surface area contributed by atoms with Crippen molar-refractivity contribution in [3.8, 4) is 5.75 Å². The minimum Gasteiger partial charge on any atom is -0.488 e. The highest BCUT2D eigenvalue weighted by atomic mass is 16.6. The van der Waals surface area contributed by atoms with E-state index < -0.39 is 6.10 Å². The molecule has 3 aliphatic heterocycles. The Labute approximate surface area is 139 Å². The lowest BCUT2D eigenvalue weighted by atomic mass is 10.1. The number of aromatic nitrogens is 2. The molecule has 124 valence electrons. The van der Waals surface area contributed by atoms with Crippen LogP contribution in [0.1, 0.15) is 17.4 Å². The van der Waals surface area contributed by atoms with Crippen LogP contribution in [0.25, 0.3) is 11.6 Å². The Morgan fingerprint density at radius 2 is 2.00 bits per heavy atom. The second kappa shape index (κ2) is 5.44. The fourth-order valence-corrected chi connectivity index (χ4v) is 3.77. The lowest BCUT2D eigenvalue weighted by molar-refractivity contribution is 0.0172. The number of hydrogen-bond donors (Lipinski definition) is 1. The molecule has 24 heavy (non-hydrogen) atoms. The zero-order valence-electron chi connectivity index (χ0n) is 13.0. The van der Waals surface area contributed by atoms with Crippen molar-refractivity contribution in [2.45, 2.75) is 24.4 Å². The van der Waals surface area contributed by atoms with Gasteiger partial charge in [0, 0.05) is 23.5 Å². The number of ether oxygens (including phenoxy) is 3. The molecule has 5 rings (SSSR count). The molecule has 0 saturated carbocycles. The topological polar surface area (TPSA) is 65.7 Å². The molecular weight excluding hydrogens is 308 g/mol. The highest BCUT2D eigenvalue weighted by Gasteiger charge is 2.48. The molecule has 6 heteroatoms. The maximum Gasteiger partial charge on any atom is 0.139 e. The van der Waals surface area contributed by atoms with Gasteiger partial charge in [0.25, 0.3) is 0 Å². The van der Waals surface area contributed by atoms with Crippen molar-refractivity contribution < 1.29 is 19.3 Å². The van der Waals surface area contributed by atoms with Crippen LogP contribution in [0.5, 0.6) is 5.75 Å². The molecule has 0 amide bonds. The lowest BCUT2D eigenvalue weighted by Gasteiger charge is -2.22. The fraction of sp³-hybridized carbons (Fsp3) is 0.389. The summed E-state index contributed by atoms with van der Waals surface area (Å²) in [6.07, 6.45) is 4.93. The van der Waals surface area contributed by atoms with Gasteiger partial charge in [-0.3, -0.25) is 0 Å². The number of para-hydroxylation sites is 1. The number of nitrogens with zero attached hydrogens (tertiary/aromatic N) is 2. The summed E-state index contributed by atoms with van der Waals surface area (Å²) in [7, 11) is 0. The normalized spacial score (nSPS) is 31.3. The number of hydrogen-bond acceptors (Lipinski definition) is 5. The first kappa shape index (κ1) is 14.2. The lowest BCUT2D eigenvalue weighted by Crippen LogP contribution is -2.30. The molecule has 4 atom stereocenters. The smallest absolute Gasteiger partial charge is 0.139 e. The molecule has 1 aromatic carbocycles. The van der Waals surface area contributed by atoms with Gasteiger partial charge in [-0.1, -0.05) is 18.2 Å². The number of fused-ring (bicyclic) bond motifs is 2. The van der Waals surface area contributed by atoms with Crippen molar-refractivity contribution in [1.82, 2.24) is 9.55 Å². The van der Waals surface area contributed by atoms with Gasteiger partial charge in [0.05, 0.1) is 19.3 Å². The monoisotopic (exact) mass is 326 g/mol. The van der Waals surface area contributed by atoms with Crippen molar-refractivity contribution in [2.24, 2.45) is 0 Å². The Bertz CT molecular complexity index is 800. The predicted octanol–water partition coefficient (Wildman–Crippen LogP) is 1.52. The largest absolute Gasteiger partial charge is 0.488 e. The van der Waals surface area contributed by atoms with Gasteiger partial charge in [-0.05, 0) is 12.1 Å². The summed E-state index contributed by atoms with van der Waals surface area (Å²) in [6.45, 7) is 1.33. The van der Waals surface area contributed by atoms with E-state index in [0.29, 0.717) is 19.8 Å². The van der Waals surface area contributed by atoms with E-state index in [9.17, 15) is 5.11 Å². The van der Waals surface area contributed by atoms with Crippen molar-refractivity contribution in [3.05, 3.63) is 48.0 Å². The number of aliphatic hydroxyl groups is 1. The summed E-state index contributed by atoms with van der Waals surface area (Å²) >= 11 is 0. The van der Waals surface area contributed by atoms with E-state index >= 15 is 0 Å². The van der Waals surface area contributed by atoms with Crippen LogP contribution in [-0.4, -0.2) is 52.8 Å². The minimum absolute atomic E-state index is 0.0164. The van der Waals surface area contributed by atoms with Gasteiger partial charge in [-0.2, -0.15) is 0 Å². The standard InChI is InChI=1S/C18H18N2O4/c21-14-10-24-16-13(9-23-17(14)16)20-6-5-19-18(20)12-7-11-3-1-2-4-15(11)22-8-12/h1-7,13-14,16-17,21H,8-10H2/t13-,14-,16-,17-/m1/s1. The summed E-state index contributed by atoms with van der Waals surface area (Å²) in [5.41, 5.74) is 2.09. The van der Waals surface area contributed by atoms with Crippen LogP contribution in [0.15, 0.2) is 36.7 Å². The van der Waals surface area contributed by atoms with Crippen LogP contribution in [0.4, 0.5) is 0 Å². The van der Waals surface area contributed by atoms with Crippen molar-refractivity contribution >= 4 is 11.6 Å². The van der Waals surface area contributed by atoms with Crippen LogP contribution in [-0.2, 0) is 9.47 Å². The molecule has 1 aromatic heterocycles. The quantitative estimate of drug-likeness (QED) is 0.906. The molecule has 0 aliphatic carbocycles. The zero-order valence-corrected chi connectivity index (χ0v) is 13.0. The van der Waals surface area contributed by atoms with E-state index in [1.54, 1.807) is 6.20 Å². The summed E-state index contributed by atoms with van der Waals surface area (Å²) in [6, 6.07) is 7.99. The second-order valence-electron chi connectivity index (χ2n) is 6.38. The molecule has 0 radical (unpaired) electrons. The molecule has 6 nitrogen and oxygen atoms in total. The van der Waals surface area contributed by atoms with Gasteiger partial charge in [-0.25, -0.2) is 4.98 Å². The summed E-state index contributed by atoms with van der Waals surface area (Å²) in [5, 5.41) is 9.94. The van der Waals surface area contributed by atoms with E-state index in [-0.39, 0.29) is 18.2 Å². The SMILES string of the molecule is O[C@@H]1CO[C@H]2[C@@H]1OC[C@H]2n1ccnc1C1=Cc2ccccc2OC1. The Kier molecular flexibility index (Phi) is 3.22. The molecule has 1 N–H and O–H groups in total. The average Bonchev–Trinajstić information content (AvgIpc) is 3.32. The molecule has 2 fully saturated rings. The number of rotatable bonds is 2. The molecule has 3 aliphatic rings. The van der Waals surface area contributed by atoms with Crippen molar-refractivity contribution in [3.63, 3.8) is 0 Å². The van der Waals surface area contributed by atoms with Crippen LogP contribution in [0.3, 0.4) is 0 Å². The average molecular weight is 326 g/mol. The number of benzene rings is 1. The molecule has 2 saturated heterocycles. The maximum atomic E-state index is 9.94. The van der Waals surface area contributed by atoms with Crippen molar-refractivity contribution in [2.75, 3.05) is 19.8 Å². The van der Waals surface area contributed by atoms with Gasteiger partial charge in [0.15, 0.2) is 0 Å². The maximum absolute atomic E-state index is 9.94. The fourth-order valence-electron chi connectivity index (χ4n) is 3.77. The molecule has 2 aromatic rings. The Morgan fingerprint density at radius 3 is 2.96 bits per heavy atom. The molecule has 0 unspecified atom stereocenters. The first-order chi connectivity index (χ1) is 11.8. The van der Waals surface area contributed by atoms with Crippen LogP contribution in [0, 0.1) is 0 Å². The molecule has 0 spiro atoms.